The van der Waals surface area contributed by atoms with Crippen molar-refractivity contribution in [2.45, 2.75) is 30.2 Å². The zero-order chi connectivity index (χ0) is 22.2. The van der Waals surface area contributed by atoms with Crippen molar-refractivity contribution in [2.75, 3.05) is 0 Å². The molecule has 31 heavy (non-hydrogen) atoms. The lowest BCUT2D eigenvalue weighted by molar-refractivity contribution is 0.596. The molecule has 0 aliphatic carbocycles. The van der Waals surface area contributed by atoms with E-state index in [1.54, 1.807) is 12.1 Å². The van der Waals surface area contributed by atoms with E-state index in [-0.39, 0.29) is 0 Å². The van der Waals surface area contributed by atoms with E-state index in [2.05, 4.69) is 0 Å². The first kappa shape index (κ1) is 21.1. The summed E-state index contributed by atoms with van der Waals surface area (Å²) in [7, 11) is -1.81. The molecule has 0 aliphatic heterocycles. The van der Waals surface area contributed by atoms with Crippen molar-refractivity contribution in [1.29, 1.82) is 0 Å². The van der Waals surface area contributed by atoms with Gasteiger partial charge in [-0.15, -0.1) is 0 Å². The summed E-state index contributed by atoms with van der Waals surface area (Å²) in [4.78, 5) is 0.643. The molecule has 0 saturated heterocycles. The van der Waals surface area contributed by atoms with Gasteiger partial charge in [0.05, 0.1) is 16.3 Å². The quantitative estimate of drug-likeness (QED) is 0.469. The maximum atomic E-state index is 13.8. The van der Waals surface area contributed by atoms with Crippen molar-refractivity contribution in [3.05, 3.63) is 95.6 Å². The third kappa shape index (κ3) is 3.71. The van der Waals surface area contributed by atoms with Crippen LogP contribution in [0.25, 0.3) is 22.5 Å². The standard InChI is InChI=1S/C26H26N2O2S/c1-18-9-15-23(16-10-18)31(29,30)26-19(2)24(21-7-5-4-6-8-21)28(3)25(26)22-13-11-20(17-27)12-14-22/h4-16H,17,27H2,1-3H3. The van der Waals surface area contributed by atoms with Crippen LogP contribution in [-0.4, -0.2) is 13.0 Å². The second kappa shape index (κ2) is 8.17. The van der Waals surface area contributed by atoms with Gasteiger partial charge in [-0.1, -0.05) is 72.3 Å². The number of hydrogen-bond acceptors (Lipinski definition) is 3. The van der Waals surface area contributed by atoms with Gasteiger partial charge in [0.25, 0.3) is 0 Å². The van der Waals surface area contributed by atoms with E-state index in [4.69, 9.17) is 5.73 Å². The molecule has 0 saturated carbocycles. The summed E-state index contributed by atoms with van der Waals surface area (Å²) in [5.74, 6) is 0. The first-order valence-electron chi connectivity index (χ1n) is 10.2. The lowest BCUT2D eigenvalue weighted by atomic mass is 10.1. The Bertz CT molecular complexity index is 1320. The molecule has 2 N–H and O–H groups in total. The third-order valence-electron chi connectivity index (χ3n) is 5.69. The van der Waals surface area contributed by atoms with E-state index in [9.17, 15) is 8.42 Å². The van der Waals surface area contributed by atoms with Crippen molar-refractivity contribution in [3.8, 4) is 22.5 Å². The van der Waals surface area contributed by atoms with Crippen molar-refractivity contribution in [2.24, 2.45) is 12.8 Å². The largest absolute Gasteiger partial charge is 0.342 e. The predicted molar refractivity (Wildman–Crippen MR) is 126 cm³/mol. The lowest BCUT2D eigenvalue weighted by Crippen LogP contribution is -2.05. The summed E-state index contributed by atoms with van der Waals surface area (Å²) in [6.45, 7) is 4.28. The average molecular weight is 431 g/mol. The lowest BCUT2D eigenvalue weighted by Gasteiger charge is -2.11. The van der Waals surface area contributed by atoms with E-state index < -0.39 is 9.84 Å². The smallest absolute Gasteiger partial charge is 0.209 e. The highest BCUT2D eigenvalue weighted by Crippen LogP contribution is 2.41. The molecule has 0 amide bonds. The van der Waals surface area contributed by atoms with Gasteiger partial charge in [-0.3, -0.25) is 0 Å². The normalized spacial score (nSPS) is 11.6. The van der Waals surface area contributed by atoms with Crippen LogP contribution in [-0.2, 0) is 23.4 Å². The number of benzene rings is 3. The molecule has 4 nitrogen and oxygen atoms in total. The minimum atomic E-state index is -3.74. The molecule has 0 fully saturated rings. The van der Waals surface area contributed by atoms with E-state index in [0.717, 1.165) is 33.5 Å². The minimum absolute atomic E-state index is 0.297. The summed E-state index contributed by atoms with van der Waals surface area (Å²) in [6.07, 6.45) is 0. The van der Waals surface area contributed by atoms with E-state index >= 15 is 0 Å². The van der Waals surface area contributed by atoms with Crippen LogP contribution in [0.5, 0.6) is 0 Å². The highest BCUT2D eigenvalue weighted by molar-refractivity contribution is 7.91. The molecular weight excluding hydrogens is 404 g/mol. The topological polar surface area (TPSA) is 65.1 Å². The number of aromatic nitrogens is 1. The van der Waals surface area contributed by atoms with Crippen molar-refractivity contribution in [3.63, 3.8) is 0 Å². The van der Waals surface area contributed by atoms with Gasteiger partial charge in [0, 0.05) is 13.6 Å². The van der Waals surface area contributed by atoms with Gasteiger partial charge in [-0.05, 0) is 48.2 Å². The zero-order valence-corrected chi connectivity index (χ0v) is 18.8. The molecule has 3 aromatic carbocycles. The maximum absolute atomic E-state index is 13.8. The van der Waals surface area contributed by atoms with Crippen LogP contribution < -0.4 is 5.73 Å². The molecular formula is C26H26N2O2S. The Morgan fingerprint density at radius 3 is 1.94 bits per heavy atom. The summed E-state index contributed by atoms with van der Waals surface area (Å²) >= 11 is 0. The van der Waals surface area contributed by atoms with Gasteiger partial charge < -0.3 is 10.3 Å². The summed E-state index contributed by atoms with van der Waals surface area (Å²) in [6, 6.07) is 24.7. The number of aryl methyl sites for hydroxylation is 1. The van der Waals surface area contributed by atoms with Gasteiger partial charge in [-0.2, -0.15) is 0 Å². The van der Waals surface area contributed by atoms with Crippen LogP contribution in [0.1, 0.15) is 16.7 Å². The Morgan fingerprint density at radius 1 is 0.774 bits per heavy atom. The second-order valence-corrected chi connectivity index (χ2v) is 9.68. The molecule has 1 heterocycles. The van der Waals surface area contributed by atoms with Crippen molar-refractivity contribution >= 4 is 9.84 Å². The van der Waals surface area contributed by atoms with E-state index in [1.807, 2.05) is 92.2 Å². The van der Waals surface area contributed by atoms with Crippen LogP contribution in [0, 0.1) is 13.8 Å². The molecule has 0 bridgehead atoms. The minimum Gasteiger partial charge on any atom is -0.342 e. The number of nitrogens with two attached hydrogens (primary N) is 1. The number of sulfone groups is 1. The maximum Gasteiger partial charge on any atom is 0.209 e. The Hall–Kier alpha value is -3.15. The van der Waals surface area contributed by atoms with Gasteiger partial charge >= 0.3 is 0 Å². The highest BCUT2D eigenvalue weighted by Gasteiger charge is 2.30. The van der Waals surface area contributed by atoms with Crippen LogP contribution in [0.2, 0.25) is 0 Å². The molecule has 0 spiro atoms. The number of hydrogen-bond donors (Lipinski definition) is 1. The second-order valence-electron chi connectivity index (χ2n) is 7.79. The van der Waals surface area contributed by atoms with Crippen LogP contribution in [0.3, 0.4) is 0 Å². The van der Waals surface area contributed by atoms with Gasteiger partial charge in [0.1, 0.15) is 4.90 Å². The average Bonchev–Trinajstić information content (AvgIpc) is 3.05. The van der Waals surface area contributed by atoms with Crippen LogP contribution in [0.15, 0.2) is 88.7 Å². The Balaban J connectivity index is 2.04. The van der Waals surface area contributed by atoms with Crippen molar-refractivity contribution in [1.82, 2.24) is 4.57 Å². The summed E-state index contributed by atoms with van der Waals surface area (Å²) in [5.41, 5.74) is 11.9. The highest BCUT2D eigenvalue weighted by atomic mass is 32.2. The molecule has 0 aliphatic rings. The fourth-order valence-electron chi connectivity index (χ4n) is 4.09. The summed E-state index contributed by atoms with van der Waals surface area (Å²) < 4.78 is 29.7. The fraction of sp³-hybridized carbons (Fsp3) is 0.154. The van der Waals surface area contributed by atoms with Crippen LogP contribution >= 0.6 is 0 Å². The van der Waals surface area contributed by atoms with Crippen LogP contribution in [0.4, 0.5) is 0 Å². The first-order valence-corrected chi connectivity index (χ1v) is 11.7. The van der Waals surface area contributed by atoms with Gasteiger partial charge in [-0.25, -0.2) is 8.42 Å². The van der Waals surface area contributed by atoms with Gasteiger partial charge in [0.15, 0.2) is 0 Å². The molecule has 0 atom stereocenters. The van der Waals surface area contributed by atoms with Crippen molar-refractivity contribution < 1.29 is 8.42 Å². The summed E-state index contributed by atoms with van der Waals surface area (Å²) in [5, 5.41) is 0. The van der Waals surface area contributed by atoms with E-state index in [1.165, 1.54) is 0 Å². The molecule has 4 aromatic rings. The molecule has 0 unspecified atom stereocenters. The molecule has 1 aromatic heterocycles. The molecule has 0 radical (unpaired) electrons. The van der Waals surface area contributed by atoms with Gasteiger partial charge in [0.2, 0.25) is 9.84 Å². The Labute approximate surface area is 183 Å². The zero-order valence-electron chi connectivity index (χ0n) is 18.0. The van der Waals surface area contributed by atoms with E-state index in [0.29, 0.717) is 22.0 Å². The molecule has 4 rings (SSSR count). The number of nitrogens with zero attached hydrogens (tertiary/aromatic N) is 1. The monoisotopic (exact) mass is 430 g/mol. The Kier molecular flexibility index (Phi) is 5.56. The fourth-order valence-corrected chi connectivity index (χ4v) is 5.83. The molecule has 5 heteroatoms. The Morgan fingerprint density at radius 2 is 1.35 bits per heavy atom. The molecule has 158 valence electrons. The number of rotatable bonds is 5. The predicted octanol–water partition coefficient (Wildman–Crippen LogP) is 5.27. The SMILES string of the molecule is Cc1ccc(S(=O)(=O)c2c(C)c(-c3ccccc3)n(C)c2-c2ccc(CN)cc2)cc1. The first-order chi connectivity index (χ1) is 14.8. The third-order valence-corrected chi connectivity index (χ3v) is 7.62.